The maximum atomic E-state index is 5.89. The summed E-state index contributed by atoms with van der Waals surface area (Å²) in [6.07, 6.45) is 0. The third-order valence-corrected chi connectivity index (χ3v) is 4.72. The molecule has 0 fully saturated rings. The van der Waals surface area contributed by atoms with E-state index in [2.05, 4.69) is 91.1 Å². The fourth-order valence-corrected chi connectivity index (χ4v) is 3.13. The van der Waals surface area contributed by atoms with E-state index in [1.165, 1.54) is 27.5 Å². The fourth-order valence-electron chi connectivity index (χ4n) is 3.13. The zero-order chi connectivity index (χ0) is 18.5. The molecule has 134 valence electrons. The molecule has 4 aromatic rings. The zero-order valence-electron chi connectivity index (χ0n) is 15.5. The number of anilines is 1. The lowest BCUT2D eigenvalue weighted by Crippen LogP contribution is -2.00. The normalized spacial score (nSPS) is 10.7. The monoisotopic (exact) mass is 353 g/mol. The van der Waals surface area contributed by atoms with Gasteiger partial charge in [-0.25, -0.2) is 0 Å². The standard InChI is InChI=1S/C25H23NO/c1-19-9-11-21(12-10-19)18-27-23-15-13-20(14-16-23)17-26-25-8-4-6-22-5-2-3-7-24(22)25/h2-16,26H,17-18H2,1H3. The smallest absolute Gasteiger partial charge is 0.119 e. The predicted octanol–water partition coefficient (Wildman–Crippen LogP) is 6.34. The van der Waals surface area contributed by atoms with Gasteiger partial charge in [-0.05, 0) is 41.6 Å². The molecule has 27 heavy (non-hydrogen) atoms. The molecule has 4 rings (SSSR count). The molecule has 0 aliphatic rings. The molecule has 0 saturated carbocycles. The van der Waals surface area contributed by atoms with Crippen molar-refractivity contribution in [1.82, 2.24) is 0 Å². The number of benzene rings is 4. The molecule has 0 unspecified atom stereocenters. The number of ether oxygens (including phenoxy) is 1. The molecule has 0 aromatic heterocycles. The summed E-state index contributed by atoms with van der Waals surface area (Å²) >= 11 is 0. The Balaban J connectivity index is 1.37. The quantitative estimate of drug-likeness (QED) is 0.437. The average molecular weight is 353 g/mol. The summed E-state index contributed by atoms with van der Waals surface area (Å²) in [4.78, 5) is 0. The van der Waals surface area contributed by atoms with E-state index in [9.17, 15) is 0 Å². The molecular formula is C25H23NO. The first kappa shape index (κ1) is 17.2. The van der Waals surface area contributed by atoms with E-state index >= 15 is 0 Å². The van der Waals surface area contributed by atoms with Gasteiger partial charge in [0.25, 0.3) is 0 Å². The average Bonchev–Trinajstić information content (AvgIpc) is 2.72. The van der Waals surface area contributed by atoms with Crippen LogP contribution in [0.15, 0.2) is 91.0 Å². The lowest BCUT2D eigenvalue weighted by atomic mass is 10.1. The SMILES string of the molecule is Cc1ccc(COc2ccc(CNc3cccc4ccccc34)cc2)cc1. The van der Waals surface area contributed by atoms with Gasteiger partial charge < -0.3 is 10.1 Å². The molecule has 0 heterocycles. The summed E-state index contributed by atoms with van der Waals surface area (Å²) in [5.74, 6) is 0.893. The van der Waals surface area contributed by atoms with Crippen molar-refractivity contribution >= 4 is 16.5 Å². The molecule has 0 aliphatic heterocycles. The van der Waals surface area contributed by atoms with Gasteiger partial charge in [0.2, 0.25) is 0 Å². The number of hydrogen-bond acceptors (Lipinski definition) is 2. The molecule has 1 N–H and O–H groups in total. The largest absolute Gasteiger partial charge is 0.489 e. The van der Waals surface area contributed by atoms with E-state index in [-0.39, 0.29) is 0 Å². The Labute approximate surface area is 160 Å². The van der Waals surface area contributed by atoms with Crippen LogP contribution in [0.25, 0.3) is 10.8 Å². The van der Waals surface area contributed by atoms with Crippen LogP contribution in [0.2, 0.25) is 0 Å². The van der Waals surface area contributed by atoms with Crippen LogP contribution in [0.1, 0.15) is 16.7 Å². The number of fused-ring (bicyclic) bond motifs is 1. The summed E-state index contributed by atoms with van der Waals surface area (Å²) in [6.45, 7) is 3.47. The molecule has 0 atom stereocenters. The number of hydrogen-bond donors (Lipinski definition) is 1. The van der Waals surface area contributed by atoms with Gasteiger partial charge in [0.1, 0.15) is 12.4 Å². The lowest BCUT2D eigenvalue weighted by molar-refractivity contribution is 0.306. The van der Waals surface area contributed by atoms with Crippen molar-refractivity contribution in [3.63, 3.8) is 0 Å². The van der Waals surface area contributed by atoms with Gasteiger partial charge in [0.15, 0.2) is 0 Å². The second-order valence-electron chi connectivity index (χ2n) is 6.80. The van der Waals surface area contributed by atoms with Crippen molar-refractivity contribution in [3.8, 4) is 5.75 Å². The summed E-state index contributed by atoms with van der Waals surface area (Å²) in [5.41, 5.74) is 4.84. The van der Waals surface area contributed by atoms with E-state index in [1.54, 1.807) is 0 Å². The van der Waals surface area contributed by atoms with Crippen molar-refractivity contribution in [2.75, 3.05) is 5.32 Å². The van der Waals surface area contributed by atoms with E-state index in [0.29, 0.717) is 6.61 Å². The van der Waals surface area contributed by atoms with E-state index < -0.39 is 0 Å². The summed E-state index contributed by atoms with van der Waals surface area (Å²) in [7, 11) is 0. The second kappa shape index (κ2) is 7.96. The Morgan fingerprint density at radius 2 is 1.41 bits per heavy atom. The van der Waals surface area contributed by atoms with Crippen molar-refractivity contribution in [2.24, 2.45) is 0 Å². The topological polar surface area (TPSA) is 21.3 Å². The van der Waals surface area contributed by atoms with Crippen molar-refractivity contribution in [2.45, 2.75) is 20.1 Å². The van der Waals surface area contributed by atoms with Gasteiger partial charge in [-0.2, -0.15) is 0 Å². The molecule has 0 saturated heterocycles. The first-order valence-corrected chi connectivity index (χ1v) is 9.27. The maximum Gasteiger partial charge on any atom is 0.119 e. The lowest BCUT2D eigenvalue weighted by Gasteiger charge is -2.11. The summed E-state index contributed by atoms with van der Waals surface area (Å²) in [5, 5.41) is 6.05. The van der Waals surface area contributed by atoms with Crippen LogP contribution in [0.5, 0.6) is 5.75 Å². The van der Waals surface area contributed by atoms with Crippen LogP contribution in [-0.4, -0.2) is 0 Å². The molecule has 0 amide bonds. The highest BCUT2D eigenvalue weighted by atomic mass is 16.5. The van der Waals surface area contributed by atoms with Crippen LogP contribution in [0.4, 0.5) is 5.69 Å². The van der Waals surface area contributed by atoms with Gasteiger partial charge in [0, 0.05) is 17.6 Å². The van der Waals surface area contributed by atoms with Crippen LogP contribution >= 0.6 is 0 Å². The Morgan fingerprint density at radius 1 is 0.704 bits per heavy atom. The maximum absolute atomic E-state index is 5.89. The molecular weight excluding hydrogens is 330 g/mol. The van der Waals surface area contributed by atoms with Crippen molar-refractivity contribution in [1.29, 1.82) is 0 Å². The molecule has 0 radical (unpaired) electrons. The van der Waals surface area contributed by atoms with E-state index in [0.717, 1.165) is 18.0 Å². The molecule has 2 heteroatoms. The molecule has 0 aliphatic carbocycles. The van der Waals surface area contributed by atoms with Gasteiger partial charge >= 0.3 is 0 Å². The second-order valence-corrected chi connectivity index (χ2v) is 6.80. The molecule has 4 aromatic carbocycles. The Bertz CT molecular complexity index is 1010. The van der Waals surface area contributed by atoms with Crippen LogP contribution in [0, 0.1) is 6.92 Å². The third-order valence-electron chi connectivity index (χ3n) is 4.72. The first-order chi connectivity index (χ1) is 13.3. The van der Waals surface area contributed by atoms with E-state index in [1.807, 2.05) is 12.1 Å². The minimum absolute atomic E-state index is 0.591. The molecule has 2 nitrogen and oxygen atoms in total. The fraction of sp³-hybridized carbons (Fsp3) is 0.120. The van der Waals surface area contributed by atoms with Crippen LogP contribution in [-0.2, 0) is 13.2 Å². The minimum Gasteiger partial charge on any atom is -0.489 e. The van der Waals surface area contributed by atoms with Crippen molar-refractivity contribution in [3.05, 3.63) is 108 Å². The Kier molecular flexibility index (Phi) is 5.06. The van der Waals surface area contributed by atoms with Crippen LogP contribution in [0.3, 0.4) is 0 Å². The van der Waals surface area contributed by atoms with Gasteiger partial charge in [0.05, 0.1) is 0 Å². The molecule has 0 spiro atoms. The first-order valence-electron chi connectivity index (χ1n) is 9.27. The van der Waals surface area contributed by atoms with Crippen molar-refractivity contribution < 1.29 is 4.74 Å². The number of nitrogens with one attached hydrogen (secondary N) is 1. The highest BCUT2D eigenvalue weighted by Gasteiger charge is 2.01. The molecule has 0 bridgehead atoms. The van der Waals surface area contributed by atoms with Gasteiger partial charge in [-0.15, -0.1) is 0 Å². The van der Waals surface area contributed by atoms with Crippen LogP contribution < -0.4 is 10.1 Å². The van der Waals surface area contributed by atoms with E-state index in [4.69, 9.17) is 4.74 Å². The minimum atomic E-state index is 0.591. The zero-order valence-corrected chi connectivity index (χ0v) is 15.5. The highest BCUT2D eigenvalue weighted by molar-refractivity contribution is 5.93. The van der Waals surface area contributed by atoms with Gasteiger partial charge in [-0.3, -0.25) is 0 Å². The summed E-state index contributed by atoms with van der Waals surface area (Å²) in [6, 6.07) is 31.5. The number of aryl methyl sites for hydroxylation is 1. The number of rotatable bonds is 6. The Morgan fingerprint density at radius 3 is 2.22 bits per heavy atom. The third kappa shape index (κ3) is 4.29. The van der Waals surface area contributed by atoms with Gasteiger partial charge in [-0.1, -0.05) is 78.4 Å². The highest BCUT2D eigenvalue weighted by Crippen LogP contribution is 2.24. The predicted molar refractivity (Wildman–Crippen MR) is 113 cm³/mol. The summed E-state index contributed by atoms with van der Waals surface area (Å²) < 4.78 is 5.89. The Hall–Kier alpha value is -3.26.